The van der Waals surface area contributed by atoms with Gasteiger partial charge in [-0.1, -0.05) is 35.9 Å². The van der Waals surface area contributed by atoms with Gasteiger partial charge in [0.15, 0.2) is 0 Å². The number of hydrogen-bond donors (Lipinski definition) is 3. The highest BCUT2D eigenvalue weighted by Crippen LogP contribution is 2.23. The monoisotopic (exact) mass is 351 g/mol. The molecule has 0 radical (unpaired) electrons. The van der Waals surface area contributed by atoms with Gasteiger partial charge in [-0.2, -0.15) is 0 Å². The first-order valence-corrected chi connectivity index (χ1v) is 8.53. The Morgan fingerprint density at radius 1 is 0.760 bits per heavy atom. The van der Waals surface area contributed by atoms with Crippen LogP contribution in [0.3, 0.4) is 0 Å². The fourth-order valence-electron chi connectivity index (χ4n) is 2.15. The van der Waals surface area contributed by atoms with Crippen LogP contribution in [0.4, 0.5) is 21.2 Å². The molecule has 1 aromatic heterocycles. The predicted octanol–water partition coefficient (Wildman–Crippen LogP) is 4.95. The molecule has 0 aliphatic carbocycles. The molecule has 0 unspecified atom stereocenters. The second kappa shape index (κ2) is 7.63. The van der Waals surface area contributed by atoms with Crippen molar-refractivity contribution in [3.8, 4) is 0 Å². The van der Waals surface area contributed by atoms with Gasteiger partial charge in [0.2, 0.25) is 0 Å². The lowest BCUT2D eigenvalue weighted by Crippen LogP contribution is -2.18. The molecular formula is C19H17N3O2S. The molecule has 0 fully saturated rings. The van der Waals surface area contributed by atoms with Crippen molar-refractivity contribution in [1.29, 1.82) is 0 Å². The van der Waals surface area contributed by atoms with Gasteiger partial charge in [-0.3, -0.25) is 10.1 Å². The number of aryl methyl sites for hydroxylation is 1. The maximum Gasteiger partial charge on any atom is 0.324 e. The number of carbonyl (C=O) groups excluding carboxylic acids is 2. The number of nitrogens with one attached hydrogen (secondary N) is 3. The van der Waals surface area contributed by atoms with Gasteiger partial charge in [0.05, 0.1) is 9.88 Å². The van der Waals surface area contributed by atoms with E-state index in [0.29, 0.717) is 15.6 Å². The molecule has 3 aromatic rings. The van der Waals surface area contributed by atoms with Crippen LogP contribution >= 0.6 is 11.3 Å². The molecule has 3 amide bonds. The summed E-state index contributed by atoms with van der Waals surface area (Å²) in [6.45, 7) is 1.99. The van der Waals surface area contributed by atoms with E-state index in [1.54, 1.807) is 24.3 Å². The summed E-state index contributed by atoms with van der Waals surface area (Å²) in [4.78, 5) is 24.8. The number of hydrogen-bond acceptors (Lipinski definition) is 3. The van der Waals surface area contributed by atoms with E-state index in [-0.39, 0.29) is 11.9 Å². The van der Waals surface area contributed by atoms with Crippen molar-refractivity contribution in [3.63, 3.8) is 0 Å². The lowest BCUT2D eigenvalue weighted by molar-refractivity contribution is 0.103. The van der Waals surface area contributed by atoms with Gasteiger partial charge in [0, 0.05) is 11.4 Å². The predicted molar refractivity (Wildman–Crippen MR) is 103 cm³/mol. The largest absolute Gasteiger partial charge is 0.324 e. The van der Waals surface area contributed by atoms with E-state index < -0.39 is 0 Å². The first-order valence-electron chi connectivity index (χ1n) is 7.71. The Morgan fingerprint density at radius 2 is 1.44 bits per heavy atom. The molecule has 126 valence electrons. The van der Waals surface area contributed by atoms with Crippen LogP contribution in [0.5, 0.6) is 0 Å². The van der Waals surface area contributed by atoms with Crippen LogP contribution in [0.2, 0.25) is 0 Å². The van der Waals surface area contributed by atoms with Crippen molar-refractivity contribution in [1.82, 2.24) is 0 Å². The first kappa shape index (κ1) is 16.7. The number of amides is 3. The minimum Gasteiger partial charge on any atom is -0.321 e. The lowest BCUT2D eigenvalue weighted by atomic mass is 10.2. The van der Waals surface area contributed by atoms with Crippen LogP contribution < -0.4 is 16.0 Å². The zero-order chi connectivity index (χ0) is 17.6. The number of benzene rings is 2. The lowest BCUT2D eigenvalue weighted by Gasteiger charge is -2.05. The van der Waals surface area contributed by atoms with Crippen molar-refractivity contribution >= 4 is 39.7 Å². The summed E-state index contributed by atoms with van der Waals surface area (Å²) in [5.41, 5.74) is 2.57. The van der Waals surface area contributed by atoms with E-state index in [2.05, 4.69) is 16.0 Å². The Bertz CT molecular complexity index is 873. The van der Waals surface area contributed by atoms with Crippen molar-refractivity contribution in [2.75, 3.05) is 16.0 Å². The summed E-state index contributed by atoms with van der Waals surface area (Å²) in [5, 5.41) is 8.89. The minimum atomic E-state index is -0.349. The van der Waals surface area contributed by atoms with Crippen molar-refractivity contribution in [2.45, 2.75) is 6.92 Å². The van der Waals surface area contributed by atoms with Gasteiger partial charge in [-0.15, -0.1) is 11.3 Å². The van der Waals surface area contributed by atoms with E-state index in [9.17, 15) is 9.59 Å². The summed E-state index contributed by atoms with van der Waals surface area (Å²) in [6, 6.07) is 19.8. The first-order chi connectivity index (χ1) is 12.1. The Morgan fingerprint density at radius 3 is 2.16 bits per heavy atom. The van der Waals surface area contributed by atoms with E-state index in [1.165, 1.54) is 11.3 Å². The zero-order valence-corrected chi connectivity index (χ0v) is 14.4. The number of thiophene rings is 1. The quantitative estimate of drug-likeness (QED) is 0.622. The van der Waals surface area contributed by atoms with Crippen LogP contribution in [0.15, 0.2) is 66.7 Å². The zero-order valence-electron chi connectivity index (χ0n) is 13.6. The molecule has 3 rings (SSSR count). The number of anilines is 3. The summed E-state index contributed by atoms with van der Waals surface area (Å²) in [7, 11) is 0. The Balaban J connectivity index is 1.59. The molecule has 0 aliphatic heterocycles. The van der Waals surface area contributed by atoms with Crippen LogP contribution in [0, 0.1) is 6.92 Å². The van der Waals surface area contributed by atoms with Crippen molar-refractivity contribution < 1.29 is 9.59 Å². The van der Waals surface area contributed by atoms with Gasteiger partial charge >= 0.3 is 6.03 Å². The van der Waals surface area contributed by atoms with Crippen LogP contribution in [0.1, 0.15) is 15.2 Å². The number of para-hydroxylation sites is 1. The standard InChI is InChI=1S/C19H17N3O2S/c1-13-7-9-15(10-8-13)20-18(23)16-11-12-17(25-16)22-19(24)21-14-5-3-2-4-6-14/h2-12H,1H3,(H,20,23)(H2,21,22,24). The molecule has 5 nitrogen and oxygen atoms in total. The molecule has 2 aromatic carbocycles. The van der Waals surface area contributed by atoms with Crippen LogP contribution in [-0.2, 0) is 0 Å². The highest BCUT2D eigenvalue weighted by Gasteiger charge is 2.11. The number of rotatable bonds is 4. The molecule has 0 bridgehead atoms. The Kier molecular flexibility index (Phi) is 5.11. The molecule has 1 heterocycles. The van der Waals surface area contributed by atoms with Gasteiger partial charge in [-0.05, 0) is 43.3 Å². The smallest absolute Gasteiger partial charge is 0.321 e. The number of carbonyl (C=O) groups is 2. The van der Waals surface area contributed by atoms with Gasteiger partial charge < -0.3 is 10.6 Å². The fraction of sp³-hybridized carbons (Fsp3) is 0.0526. The van der Waals surface area contributed by atoms with Crippen molar-refractivity contribution in [2.24, 2.45) is 0 Å². The van der Waals surface area contributed by atoms with Crippen molar-refractivity contribution in [3.05, 3.63) is 77.2 Å². The van der Waals surface area contributed by atoms with E-state index in [0.717, 1.165) is 11.3 Å². The van der Waals surface area contributed by atoms with E-state index in [4.69, 9.17) is 0 Å². The van der Waals surface area contributed by atoms with Gasteiger partial charge in [0.25, 0.3) is 5.91 Å². The molecule has 6 heteroatoms. The molecular weight excluding hydrogens is 334 g/mol. The third kappa shape index (κ3) is 4.68. The molecule has 0 aliphatic rings. The summed E-state index contributed by atoms with van der Waals surface area (Å²) < 4.78 is 0. The molecule has 3 N–H and O–H groups in total. The molecule has 0 spiro atoms. The summed E-state index contributed by atoms with van der Waals surface area (Å²) >= 11 is 1.22. The topological polar surface area (TPSA) is 70.2 Å². The van der Waals surface area contributed by atoms with Crippen LogP contribution in [0.25, 0.3) is 0 Å². The van der Waals surface area contributed by atoms with Gasteiger partial charge in [0.1, 0.15) is 0 Å². The minimum absolute atomic E-state index is 0.203. The van der Waals surface area contributed by atoms with E-state index >= 15 is 0 Å². The average molecular weight is 351 g/mol. The third-order valence-electron chi connectivity index (χ3n) is 3.41. The fourth-order valence-corrected chi connectivity index (χ4v) is 2.95. The van der Waals surface area contributed by atoms with Gasteiger partial charge in [-0.25, -0.2) is 4.79 Å². The molecule has 25 heavy (non-hydrogen) atoms. The maximum absolute atomic E-state index is 12.3. The van der Waals surface area contributed by atoms with Crippen LogP contribution in [-0.4, -0.2) is 11.9 Å². The highest BCUT2D eigenvalue weighted by atomic mass is 32.1. The SMILES string of the molecule is Cc1ccc(NC(=O)c2ccc(NC(=O)Nc3ccccc3)s2)cc1. The summed E-state index contributed by atoms with van der Waals surface area (Å²) in [5.74, 6) is -0.203. The van der Waals surface area contributed by atoms with E-state index in [1.807, 2.05) is 49.4 Å². The maximum atomic E-state index is 12.3. The normalized spacial score (nSPS) is 10.1. The molecule has 0 saturated heterocycles. The number of urea groups is 1. The Labute approximate surface area is 149 Å². The third-order valence-corrected chi connectivity index (χ3v) is 4.41. The molecule has 0 atom stereocenters. The highest BCUT2D eigenvalue weighted by molar-refractivity contribution is 7.18. The second-order valence-electron chi connectivity index (χ2n) is 5.43. The average Bonchev–Trinajstić information content (AvgIpc) is 3.06. The Hall–Kier alpha value is -3.12. The molecule has 0 saturated carbocycles. The summed E-state index contributed by atoms with van der Waals surface area (Å²) in [6.07, 6.45) is 0. The second-order valence-corrected chi connectivity index (χ2v) is 6.51.